The second-order valence-electron chi connectivity index (χ2n) is 3.72. The molecule has 4 nitrogen and oxygen atoms in total. The lowest BCUT2D eigenvalue weighted by Gasteiger charge is -2.05. The summed E-state index contributed by atoms with van der Waals surface area (Å²) in [7, 11) is 1.35. The van der Waals surface area contributed by atoms with Gasteiger partial charge in [0, 0.05) is 23.9 Å². The largest absolute Gasteiger partial charge is 0.466 e. The first-order valence-corrected chi connectivity index (χ1v) is 5.53. The number of esters is 1. The number of aromatic nitrogens is 1. The van der Waals surface area contributed by atoms with Crippen LogP contribution in [0, 0.1) is 6.92 Å². The van der Waals surface area contributed by atoms with E-state index in [4.69, 9.17) is 0 Å². The van der Waals surface area contributed by atoms with Crippen molar-refractivity contribution in [2.75, 3.05) is 7.11 Å². The van der Waals surface area contributed by atoms with Gasteiger partial charge in [0.1, 0.15) is 0 Å². The number of carbonyl (C=O) groups excluding carboxylic acids is 1. The Morgan fingerprint density at radius 1 is 1.53 bits per heavy atom. The molecule has 0 saturated heterocycles. The molecule has 1 heterocycles. The Balaban J connectivity index is 2.92. The highest BCUT2D eigenvalue weighted by Gasteiger charge is 2.06. The smallest absolute Gasteiger partial charge is 0.333 e. The Hall–Kier alpha value is -1.84. The summed E-state index contributed by atoms with van der Waals surface area (Å²) in [5.74, 6) is -0.340. The molecular weight excluding hydrogens is 218 g/mol. The van der Waals surface area contributed by atoms with Gasteiger partial charge in [0.15, 0.2) is 0 Å². The molecule has 0 bridgehead atoms. The Morgan fingerprint density at radius 3 is 2.82 bits per heavy atom. The molecule has 17 heavy (non-hydrogen) atoms. The van der Waals surface area contributed by atoms with Crippen LogP contribution in [0.1, 0.15) is 18.9 Å². The summed E-state index contributed by atoms with van der Waals surface area (Å²) in [5, 5.41) is 0. The Morgan fingerprint density at radius 2 is 2.24 bits per heavy atom. The summed E-state index contributed by atoms with van der Waals surface area (Å²) in [6.07, 6.45) is 4.02. The molecule has 0 aliphatic rings. The molecule has 0 saturated carbocycles. The number of rotatable bonds is 4. The monoisotopic (exact) mass is 235 g/mol. The fourth-order valence-corrected chi connectivity index (χ4v) is 1.51. The number of ether oxygens (including phenoxy) is 1. The highest BCUT2D eigenvalue weighted by molar-refractivity contribution is 5.88. The number of allylic oxidation sites excluding steroid dienone is 1. The van der Waals surface area contributed by atoms with Crippen LogP contribution in [-0.2, 0) is 16.1 Å². The van der Waals surface area contributed by atoms with E-state index in [0.29, 0.717) is 24.1 Å². The van der Waals surface area contributed by atoms with Crippen LogP contribution in [-0.4, -0.2) is 17.6 Å². The molecule has 4 heteroatoms. The Bertz CT molecular complexity index is 486. The SMILES string of the molecule is CCC(=CCn1cccc(C)c1=O)C(=O)OC. The minimum Gasteiger partial charge on any atom is -0.466 e. The second kappa shape index (κ2) is 6.03. The molecule has 0 aromatic carbocycles. The van der Waals surface area contributed by atoms with Gasteiger partial charge < -0.3 is 9.30 Å². The van der Waals surface area contributed by atoms with Crippen molar-refractivity contribution in [1.29, 1.82) is 0 Å². The highest BCUT2D eigenvalue weighted by Crippen LogP contribution is 2.03. The molecule has 0 fully saturated rings. The molecule has 0 amide bonds. The van der Waals surface area contributed by atoms with Crippen LogP contribution < -0.4 is 5.56 Å². The first kappa shape index (κ1) is 13.2. The van der Waals surface area contributed by atoms with Gasteiger partial charge in [0.2, 0.25) is 0 Å². The lowest BCUT2D eigenvalue weighted by molar-refractivity contribution is -0.136. The van der Waals surface area contributed by atoms with Crippen molar-refractivity contribution in [2.24, 2.45) is 0 Å². The van der Waals surface area contributed by atoms with Crippen molar-refractivity contribution < 1.29 is 9.53 Å². The van der Waals surface area contributed by atoms with Crippen molar-refractivity contribution in [2.45, 2.75) is 26.8 Å². The van der Waals surface area contributed by atoms with Gasteiger partial charge in [-0.15, -0.1) is 0 Å². The van der Waals surface area contributed by atoms with Crippen LogP contribution in [0.3, 0.4) is 0 Å². The quantitative estimate of drug-likeness (QED) is 0.589. The van der Waals surface area contributed by atoms with Gasteiger partial charge >= 0.3 is 5.97 Å². The number of nitrogens with zero attached hydrogens (tertiary/aromatic N) is 1. The summed E-state index contributed by atoms with van der Waals surface area (Å²) < 4.78 is 6.21. The average Bonchev–Trinajstić information content (AvgIpc) is 2.34. The molecule has 0 unspecified atom stereocenters. The van der Waals surface area contributed by atoms with Gasteiger partial charge in [0.05, 0.1) is 7.11 Å². The molecule has 1 rings (SSSR count). The molecule has 0 aliphatic carbocycles. The summed E-state index contributed by atoms with van der Waals surface area (Å²) in [6.45, 7) is 4.03. The van der Waals surface area contributed by atoms with E-state index < -0.39 is 0 Å². The van der Waals surface area contributed by atoms with Crippen LogP contribution in [0.4, 0.5) is 0 Å². The molecule has 0 radical (unpaired) electrons. The van der Waals surface area contributed by atoms with E-state index in [-0.39, 0.29) is 11.5 Å². The number of methoxy groups -OCH3 is 1. The van der Waals surface area contributed by atoms with E-state index in [0.717, 1.165) is 0 Å². The molecule has 0 spiro atoms. The fraction of sp³-hybridized carbons (Fsp3) is 0.385. The maximum atomic E-state index is 11.7. The summed E-state index contributed by atoms with van der Waals surface area (Å²) >= 11 is 0. The van der Waals surface area contributed by atoms with Crippen LogP contribution in [0.25, 0.3) is 0 Å². The number of pyridine rings is 1. The Kier molecular flexibility index (Phi) is 4.69. The number of hydrogen-bond donors (Lipinski definition) is 0. The van der Waals surface area contributed by atoms with Crippen molar-refractivity contribution >= 4 is 5.97 Å². The van der Waals surface area contributed by atoms with Crippen molar-refractivity contribution in [3.63, 3.8) is 0 Å². The maximum Gasteiger partial charge on any atom is 0.333 e. The van der Waals surface area contributed by atoms with E-state index in [9.17, 15) is 9.59 Å². The summed E-state index contributed by atoms with van der Waals surface area (Å²) in [5.41, 5.74) is 1.24. The third-order valence-corrected chi connectivity index (χ3v) is 2.57. The molecule has 92 valence electrons. The fourth-order valence-electron chi connectivity index (χ4n) is 1.51. The number of carbonyl (C=O) groups is 1. The van der Waals surface area contributed by atoms with Gasteiger partial charge in [-0.2, -0.15) is 0 Å². The zero-order valence-corrected chi connectivity index (χ0v) is 10.4. The molecule has 1 aromatic rings. The van der Waals surface area contributed by atoms with Crippen LogP contribution >= 0.6 is 0 Å². The van der Waals surface area contributed by atoms with Crippen LogP contribution in [0.2, 0.25) is 0 Å². The molecule has 1 aromatic heterocycles. The first-order chi connectivity index (χ1) is 8.10. The van der Waals surface area contributed by atoms with E-state index in [2.05, 4.69) is 4.74 Å². The molecule has 0 atom stereocenters. The standard InChI is InChI=1S/C13H17NO3/c1-4-11(13(16)17-3)7-9-14-8-5-6-10(2)12(14)15/h5-8H,4,9H2,1-3H3. The zero-order chi connectivity index (χ0) is 12.8. The van der Waals surface area contributed by atoms with Crippen molar-refractivity contribution in [3.05, 3.63) is 45.9 Å². The van der Waals surface area contributed by atoms with Gasteiger partial charge in [-0.1, -0.05) is 19.1 Å². The van der Waals surface area contributed by atoms with E-state index >= 15 is 0 Å². The minimum absolute atomic E-state index is 0.0379. The second-order valence-corrected chi connectivity index (χ2v) is 3.72. The molecule has 0 N–H and O–H groups in total. The van der Waals surface area contributed by atoms with E-state index in [1.807, 2.05) is 13.0 Å². The normalized spacial score (nSPS) is 11.4. The van der Waals surface area contributed by atoms with Crippen LogP contribution in [0.15, 0.2) is 34.8 Å². The van der Waals surface area contributed by atoms with Crippen molar-refractivity contribution in [1.82, 2.24) is 4.57 Å². The van der Waals surface area contributed by atoms with Gasteiger partial charge in [-0.25, -0.2) is 4.79 Å². The van der Waals surface area contributed by atoms with E-state index in [1.165, 1.54) is 7.11 Å². The van der Waals surface area contributed by atoms with Gasteiger partial charge in [0.25, 0.3) is 5.56 Å². The Labute approximate surface area is 101 Å². The van der Waals surface area contributed by atoms with Gasteiger partial charge in [-0.3, -0.25) is 4.79 Å². The molecule has 0 aliphatic heterocycles. The van der Waals surface area contributed by atoms with Crippen molar-refractivity contribution in [3.8, 4) is 0 Å². The minimum atomic E-state index is -0.340. The van der Waals surface area contributed by atoms with Gasteiger partial charge in [-0.05, 0) is 19.4 Å². The third kappa shape index (κ3) is 3.31. The maximum absolute atomic E-state index is 11.7. The molecular formula is C13H17NO3. The van der Waals surface area contributed by atoms with E-state index in [1.54, 1.807) is 29.8 Å². The first-order valence-electron chi connectivity index (χ1n) is 5.53. The lowest BCUT2D eigenvalue weighted by atomic mass is 10.2. The average molecular weight is 235 g/mol. The lowest BCUT2D eigenvalue weighted by Crippen LogP contribution is -2.21. The predicted molar refractivity (Wildman–Crippen MR) is 65.8 cm³/mol. The predicted octanol–water partition coefficient (Wildman–Crippen LogP) is 1.67. The zero-order valence-electron chi connectivity index (χ0n) is 10.4. The summed E-state index contributed by atoms with van der Waals surface area (Å²) in [4.78, 5) is 23.1. The topological polar surface area (TPSA) is 48.3 Å². The summed E-state index contributed by atoms with van der Waals surface area (Å²) in [6, 6.07) is 3.58. The highest BCUT2D eigenvalue weighted by atomic mass is 16.5. The third-order valence-electron chi connectivity index (χ3n) is 2.57. The number of hydrogen-bond acceptors (Lipinski definition) is 3. The number of aryl methyl sites for hydroxylation is 1. The van der Waals surface area contributed by atoms with Crippen LogP contribution in [0.5, 0.6) is 0 Å².